The van der Waals surface area contributed by atoms with Crippen molar-refractivity contribution >= 4 is 17.4 Å². The predicted octanol–water partition coefficient (Wildman–Crippen LogP) is 2.05. The van der Waals surface area contributed by atoms with Gasteiger partial charge in [-0.2, -0.15) is 0 Å². The monoisotopic (exact) mass is 210 g/mol. The van der Waals surface area contributed by atoms with Crippen molar-refractivity contribution in [2.75, 3.05) is 13.1 Å². The van der Waals surface area contributed by atoms with E-state index in [1.165, 1.54) is 4.88 Å². The van der Waals surface area contributed by atoms with Crippen molar-refractivity contribution in [3.05, 3.63) is 22.4 Å². The van der Waals surface area contributed by atoms with Crippen LogP contribution in [0.5, 0.6) is 0 Å². The maximum atomic E-state index is 11.6. The molecule has 1 aromatic heterocycles. The van der Waals surface area contributed by atoms with Gasteiger partial charge in [-0.3, -0.25) is 0 Å². The summed E-state index contributed by atoms with van der Waals surface area (Å²) < 4.78 is 0. The van der Waals surface area contributed by atoms with E-state index in [2.05, 4.69) is 11.4 Å². The Balaban J connectivity index is 1.98. The molecule has 3 nitrogen and oxygen atoms in total. The Bertz CT molecular complexity index is 297. The second-order valence-electron chi connectivity index (χ2n) is 3.44. The van der Waals surface area contributed by atoms with E-state index < -0.39 is 0 Å². The third-order valence-corrected chi connectivity index (χ3v) is 3.21. The predicted molar refractivity (Wildman–Crippen MR) is 57.4 cm³/mol. The van der Waals surface area contributed by atoms with Gasteiger partial charge in [-0.25, -0.2) is 4.79 Å². The van der Waals surface area contributed by atoms with E-state index in [9.17, 15) is 4.79 Å². The molecule has 2 amide bonds. The summed E-state index contributed by atoms with van der Waals surface area (Å²) in [4.78, 5) is 14.7. The molecule has 1 N–H and O–H groups in total. The third kappa shape index (κ3) is 2.26. The van der Waals surface area contributed by atoms with Crippen molar-refractivity contribution < 1.29 is 4.79 Å². The second-order valence-corrected chi connectivity index (χ2v) is 4.47. The number of carbonyl (C=O) groups is 1. The summed E-state index contributed by atoms with van der Waals surface area (Å²) in [6, 6.07) is 4.18. The van der Waals surface area contributed by atoms with Crippen molar-refractivity contribution in [3.8, 4) is 0 Å². The summed E-state index contributed by atoms with van der Waals surface area (Å²) in [7, 11) is 0. The first-order chi connectivity index (χ1) is 6.86. The summed E-state index contributed by atoms with van der Waals surface area (Å²) in [6.45, 7) is 2.45. The summed E-state index contributed by atoms with van der Waals surface area (Å²) in [5.74, 6) is 0. The highest BCUT2D eigenvalue weighted by Gasteiger charge is 2.15. The van der Waals surface area contributed by atoms with E-state index in [1.54, 1.807) is 11.3 Å². The first-order valence-electron chi connectivity index (χ1n) is 4.91. The van der Waals surface area contributed by atoms with Crippen molar-refractivity contribution in [2.24, 2.45) is 0 Å². The van der Waals surface area contributed by atoms with Crippen molar-refractivity contribution in [3.63, 3.8) is 0 Å². The van der Waals surface area contributed by atoms with Crippen molar-refractivity contribution in [2.45, 2.75) is 19.4 Å². The molecule has 0 saturated carbocycles. The minimum absolute atomic E-state index is 0.0795. The van der Waals surface area contributed by atoms with Crippen LogP contribution in [0.4, 0.5) is 4.79 Å². The second kappa shape index (κ2) is 4.46. The van der Waals surface area contributed by atoms with Crippen LogP contribution in [-0.2, 0) is 6.54 Å². The molecule has 0 aliphatic carbocycles. The molecule has 1 saturated heterocycles. The Hall–Kier alpha value is -1.03. The van der Waals surface area contributed by atoms with Crippen LogP contribution in [-0.4, -0.2) is 24.0 Å². The molecule has 0 atom stereocenters. The van der Waals surface area contributed by atoms with Crippen LogP contribution in [0.1, 0.15) is 17.7 Å². The van der Waals surface area contributed by atoms with Gasteiger partial charge in [0.15, 0.2) is 0 Å². The van der Waals surface area contributed by atoms with E-state index in [4.69, 9.17) is 0 Å². The SMILES string of the molecule is O=C1NCCCCN1Cc1cccs1. The molecule has 76 valence electrons. The van der Waals surface area contributed by atoms with Gasteiger partial charge in [0.1, 0.15) is 0 Å². The van der Waals surface area contributed by atoms with Gasteiger partial charge in [0.2, 0.25) is 0 Å². The summed E-state index contributed by atoms with van der Waals surface area (Å²) in [5, 5.41) is 4.95. The van der Waals surface area contributed by atoms with Crippen LogP contribution in [0, 0.1) is 0 Å². The molecule has 0 aromatic carbocycles. The zero-order valence-corrected chi connectivity index (χ0v) is 8.85. The number of thiophene rings is 1. The minimum atomic E-state index is 0.0795. The molecular weight excluding hydrogens is 196 g/mol. The van der Waals surface area contributed by atoms with Gasteiger partial charge in [-0.1, -0.05) is 6.07 Å². The standard InChI is InChI=1S/C10H14N2OS/c13-10-11-5-1-2-6-12(10)8-9-4-3-7-14-9/h3-4,7H,1-2,5-6,8H2,(H,11,13). The Morgan fingerprint density at radius 1 is 1.50 bits per heavy atom. The first kappa shape index (κ1) is 9.52. The molecule has 1 aromatic rings. The van der Waals surface area contributed by atoms with Crippen LogP contribution >= 0.6 is 11.3 Å². The Morgan fingerprint density at radius 3 is 3.21 bits per heavy atom. The van der Waals surface area contributed by atoms with E-state index >= 15 is 0 Å². The zero-order valence-electron chi connectivity index (χ0n) is 8.03. The number of rotatable bonds is 2. The average Bonchev–Trinajstić information content (AvgIpc) is 2.60. The molecule has 0 radical (unpaired) electrons. The molecule has 14 heavy (non-hydrogen) atoms. The lowest BCUT2D eigenvalue weighted by Crippen LogP contribution is -2.37. The topological polar surface area (TPSA) is 32.3 Å². The lowest BCUT2D eigenvalue weighted by molar-refractivity contribution is 0.201. The van der Waals surface area contributed by atoms with Gasteiger partial charge < -0.3 is 10.2 Å². The lowest BCUT2D eigenvalue weighted by Gasteiger charge is -2.18. The Kier molecular flexibility index (Phi) is 3.03. The van der Waals surface area contributed by atoms with Crippen LogP contribution in [0.25, 0.3) is 0 Å². The lowest BCUT2D eigenvalue weighted by atomic mass is 10.3. The van der Waals surface area contributed by atoms with Gasteiger partial charge in [-0.15, -0.1) is 11.3 Å². The Morgan fingerprint density at radius 2 is 2.43 bits per heavy atom. The maximum absolute atomic E-state index is 11.6. The molecule has 1 aliphatic heterocycles. The molecule has 2 rings (SSSR count). The van der Waals surface area contributed by atoms with Gasteiger partial charge in [0, 0.05) is 18.0 Å². The maximum Gasteiger partial charge on any atom is 0.317 e. The fourth-order valence-electron chi connectivity index (χ4n) is 1.58. The van der Waals surface area contributed by atoms with Crippen LogP contribution in [0.2, 0.25) is 0 Å². The fourth-order valence-corrected chi connectivity index (χ4v) is 2.30. The van der Waals surface area contributed by atoms with Crippen LogP contribution in [0.15, 0.2) is 17.5 Å². The van der Waals surface area contributed by atoms with Crippen LogP contribution in [0.3, 0.4) is 0 Å². The van der Waals surface area contributed by atoms with Gasteiger partial charge in [0.05, 0.1) is 6.54 Å². The highest BCUT2D eigenvalue weighted by molar-refractivity contribution is 7.09. The first-order valence-corrected chi connectivity index (χ1v) is 5.79. The van der Waals surface area contributed by atoms with E-state index in [0.29, 0.717) is 0 Å². The smallest absolute Gasteiger partial charge is 0.317 e. The number of carbonyl (C=O) groups excluding carboxylic acids is 1. The zero-order chi connectivity index (χ0) is 9.80. The largest absolute Gasteiger partial charge is 0.338 e. The average molecular weight is 210 g/mol. The molecule has 0 unspecified atom stereocenters. The number of hydrogen-bond donors (Lipinski definition) is 1. The highest BCUT2D eigenvalue weighted by atomic mass is 32.1. The molecule has 4 heteroatoms. The number of nitrogens with zero attached hydrogens (tertiary/aromatic N) is 1. The van der Waals surface area contributed by atoms with Gasteiger partial charge in [-0.05, 0) is 24.3 Å². The molecule has 1 fully saturated rings. The van der Waals surface area contributed by atoms with Crippen LogP contribution < -0.4 is 5.32 Å². The number of nitrogens with one attached hydrogen (secondary N) is 1. The molecule has 1 aliphatic rings. The molecule has 2 heterocycles. The summed E-state index contributed by atoms with van der Waals surface area (Å²) in [5.41, 5.74) is 0. The molecular formula is C10H14N2OS. The number of urea groups is 1. The van der Waals surface area contributed by atoms with Crippen molar-refractivity contribution in [1.29, 1.82) is 0 Å². The molecule has 0 bridgehead atoms. The number of hydrogen-bond acceptors (Lipinski definition) is 2. The number of amides is 2. The third-order valence-electron chi connectivity index (χ3n) is 2.35. The Labute approximate surface area is 87.7 Å². The van der Waals surface area contributed by atoms with Gasteiger partial charge in [0.25, 0.3) is 0 Å². The normalized spacial score (nSPS) is 17.7. The van der Waals surface area contributed by atoms with E-state index in [0.717, 1.165) is 32.5 Å². The van der Waals surface area contributed by atoms with E-state index in [-0.39, 0.29) is 6.03 Å². The quantitative estimate of drug-likeness (QED) is 0.796. The highest BCUT2D eigenvalue weighted by Crippen LogP contribution is 2.13. The van der Waals surface area contributed by atoms with Crippen molar-refractivity contribution in [1.82, 2.24) is 10.2 Å². The fraction of sp³-hybridized carbons (Fsp3) is 0.500. The summed E-state index contributed by atoms with van der Waals surface area (Å²) >= 11 is 1.70. The summed E-state index contributed by atoms with van der Waals surface area (Å²) in [6.07, 6.45) is 2.19. The van der Waals surface area contributed by atoms with E-state index in [1.807, 2.05) is 16.3 Å². The minimum Gasteiger partial charge on any atom is -0.338 e. The molecule has 0 spiro atoms. The van der Waals surface area contributed by atoms with Gasteiger partial charge >= 0.3 is 6.03 Å².